The van der Waals surface area contributed by atoms with Crippen LogP contribution in [0.2, 0.25) is 0 Å². The second-order valence-electron chi connectivity index (χ2n) is 6.74. The van der Waals surface area contributed by atoms with Crippen molar-refractivity contribution in [2.24, 2.45) is 0 Å². The smallest absolute Gasteiger partial charge is 0.234 e. The Morgan fingerprint density at radius 1 is 1.17 bits per heavy atom. The Morgan fingerprint density at radius 2 is 2.00 bits per heavy atom. The summed E-state index contributed by atoms with van der Waals surface area (Å²) >= 11 is 1.36. The molecular weight excluding hydrogens is 398 g/mol. The molecule has 1 amide bonds. The lowest BCUT2D eigenvalue weighted by molar-refractivity contribution is -0.113. The number of rotatable bonds is 7. The van der Waals surface area contributed by atoms with Crippen molar-refractivity contribution in [2.45, 2.75) is 18.5 Å². The van der Waals surface area contributed by atoms with Gasteiger partial charge >= 0.3 is 0 Å². The van der Waals surface area contributed by atoms with Gasteiger partial charge < -0.3 is 10.1 Å². The summed E-state index contributed by atoms with van der Waals surface area (Å²) in [6.45, 7) is 2.59. The molecule has 0 bridgehead atoms. The summed E-state index contributed by atoms with van der Waals surface area (Å²) in [4.78, 5) is 21.2. The molecule has 4 rings (SSSR count). The van der Waals surface area contributed by atoms with E-state index in [0.717, 1.165) is 27.2 Å². The lowest BCUT2D eigenvalue weighted by Crippen LogP contribution is -2.15. The van der Waals surface area contributed by atoms with E-state index in [9.17, 15) is 4.79 Å². The van der Waals surface area contributed by atoms with Gasteiger partial charge in [-0.3, -0.25) is 4.79 Å². The van der Waals surface area contributed by atoms with Gasteiger partial charge in [0.2, 0.25) is 5.91 Å². The predicted molar refractivity (Wildman–Crippen MR) is 118 cm³/mol. The van der Waals surface area contributed by atoms with Gasteiger partial charge in [0.25, 0.3) is 0 Å². The summed E-state index contributed by atoms with van der Waals surface area (Å²) < 4.78 is 7.16. The lowest BCUT2D eigenvalue weighted by Gasteiger charge is -2.11. The molecule has 0 unspecified atom stereocenters. The molecule has 0 radical (unpaired) electrons. The summed E-state index contributed by atoms with van der Waals surface area (Å²) in [5, 5.41) is 8.93. The normalized spacial score (nSPS) is 10.9. The quantitative estimate of drug-likeness (QED) is 0.361. The Balaban J connectivity index is 1.47. The standard InChI is InChI=1S/C22H21N5O2S/c1-15-8-9-19(29-2)18(10-15)26-20(28)13-30-22-17-11-25-27(21(17)23-14-24-22)12-16-6-4-3-5-7-16/h3-11,14H,12-13H2,1-2H3,(H,26,28). The summed E-state index contributed by atoms with van der Waals surface area (Å²) in [5.74, 6) is 0.713. The number of nitrogens with zero attached hydrogens (tertiary/aromatic N) is 4. The number of aromatic nitrogens is 4. The number of nitrogens with one attached hydrogen (secondary N) is 1. The van der Waals surface area contributed by atoms with Crippen molar-refractivity contribution in [1.82, 2.24) is 19.7 Å². The monoisotopic (exact) mass is 419 g/mol. The van der Waals surface area contributed by atoms with E-state index in [2.05, 4.69) is 20.4 Å². The predicted octanol–water partition coefficient (Wildman–Crippen LogP) is 3.92. The zero-order valence-corrected chi connectivity index (χ0v) is 17.5. The molecule has 0 aliphatic heterocycles. The highest BCUT2D eigenvalue weighted by Gasteiger charge is 2.13. The molecule has 7 nitrogen and oxygen atoms in total. The molecule has 2 aromatic carbocycles. The number of methoxy groups -OCH3 is 1. The number of amides is 1. The topological polar surface area (TPSA) is 81.9 Å². The van der Waals surface area contributed by atoms with Crippen molar-refractivity contribution in [2.75, 3.05) is 18.2 Å². The third kappa shape index (κ3) is 4.44. The third-order valence-corrected chi connectivity index (χ3v) is 5.55. The van der Waals surface area contributed by atoms with E-state index in [1.165, 1.54) is 18.1 Å². The van der Waals surface area contributed by atoms with Gasteiger partial charge in [-0.05, 0) is 30.2 Å². The van der Waals surface area contributed by atoms with Gasteiger partial charge in [-0.2, -0.15) is 5.10 Å². The van der Waals surface area contributed by atoms with Crippen molar-refractivity contribution in [1.29, 1.82) is 0 Å². The van der Waals surface area contributed by atoms with Crippen molar-refractivity contribution in [3.63, 3.8) is 0 Å². The van der Waals surface area contributed by atoms with Crippen LogP contribution in [0.3, 0.4) is 0 Å². The average Bonchev–Trinajstić information content (AvgIpc) is 3.16. The first-order valence-electron chi connectivity index (χ1n) is 9.42. The molecular formula is C22H21N5O2S. The zero-order chi connectivity index (χ0) is 20.9. The number of fused-ring (bicyclic) bond motifs is 1. The summed E-state index contributed by atoms with van der Waals surface area (Å²) in [5.41, 5.74) is 3.59. The number of anilines is 1. The molecule has 4 aromatic rings. The van der Waals surface area contributed by atoms with E-state index in [4.69, 9.17) is 4.74 Å². The van der Waals surface area contributed by atoms with Crippen molar-refractivity contribution < 1.29 is 9.53 Å². The highest BCUT2D eigenvalue weighted by Crippen LogP contribution is 2.27. The van der Waals surface area contributed by atoms with E-state index < -0.39 is 0 Å². The van der Waals surface area contributed by atoms with Crippen LogP contribution in [-0.4, -0.2) is 38.5 Å². The van der Waals surface area contributed by atoms with E-state index >= 15 is 0 Å². The highest BCUT2D eigenvalue weighted by atomic mass is 32.2. The fourth-order valence-corrected chi connectivity index (χ4v) is 3.86. The van der Waals surface area contributed by atoms with Crippen LogP contribution in [-0.2, 0) is 11.3 Å². The number of aryl methyl sites for hydroxylation is 1. The molecule has 0 aliphatic carbocycles. The summed E-state index contributed by atoms with van der Waals surface area (Å²) in [6.07, 6.45) is 3.26. The number of ether oxygens (including phenoxy) is 1. The molecule has 152 valence electrons. The number of thioether (sulfide) groups is 1. The fourth-order valence-electron chi connectivity index (χ4n) is 3.10. The molecule has 0 saturated carbocycles. The fraction of sp³-hybridized carbons (Fsp3) is 0.182. The maximum Gasteiger partial charge on any atom is 0.234 e. The minimum Gasteiger partial charge on any atom is -0.495 e. The summed E-state index contributed by atoms with van der Waals surface area (Å²) in [7, 11) is 1.58. The van der Waals surface area contributed by atoms with Gasteiger partial charge in [0, 0.05) is 0 Å². The van der Waals surface area contributed by atoms with Crippen molar-refractivity contribution in [3.05, 3.63) is 72.2 Å². The van der Waals surface area contributed by atoms with Crippen LogP contribution in [0.25, 0.3) is 11.0 Å². The number of carbonyl (C=O) groups is 1. The van der Waals surface area contributed by atoms with Gasteiger partial charge in [-0.25, -0.2) is 14.6 Å². The number of hydrogen-bond acceptors (Lipinski definition) is 6. The van der Waals surface area contributed by atoms with Gasteiger partial charge in [-0.1, -0.05) is 48.2 Å². The third-order valence-electron chi connectivity index (χ3n) is 4.54. The van der Waals surface area contributed by atoms with Gasteiger partial charge in [0.1, 0.15) is 17.1 Å². The van der Waals surface area contributed by atoms with Crippen LogP contribution < -0.4 is 10.1 Å². The van der Waals surface area contributed by atoms with Crippen LogP contribution >= 0.6 is 11.8 Å². The van der Waals surface area contributed by atoms with Crippen LogP contribution in [0.1, 0.15) is 11.1 Å². The largest absolute Gasteiger partial charge is 0.495 e. The number of carbonyl (C=O) groups excluding carboxylic acids is 1. The minimum atomic E-state index is -0.132. The maximum atomic E-state index is 12.5. The maximum absolute atomic E-state index is 12.5. The zero-order valence-electron chi connectivity index (χ0n) is 16.7. The first kappa shape index (κ1) is 19.9. The Labute approximate surface area is 178 Å². The lowest BCUT2D eigenvalue weighted by atomic mass is 10.2. The van der Waals surface area contributed by atoms with E-state index in [-0.39, 0.29) is 11.7 Å². The van der Waals surface area contributed by atoms with Gasteiger partial charge in [-0.15, -0.1) is 0 Å². The molecule has 0 spiro atoms. The Kier molecular flexibility index (Phi) is 5.94. The van der Waals surface area contributed by atoms with E-state index in [0.29, 0.717) is 18.0 Å². The number of hydrogen-bond donors (Lipinski definition) is 1. The Hall–Kier alpha value is -3.39. The van der Waals surface area contributed by atoms with Gasteiger partial charge in [0.15, 0.2) is 5.65 Å². The molecule has 0 saturated heterocycles. The van der Waals surface area contributed by atoms with Crippen LogP contribution in [0.15, 0.2) is 66.1 Å². The van der Waals surface area contributed by atoms with E-state index in [1.807, 2.05) is 60.1 Å². The van der Waals surface area contributed by atoms with Crippen LogP contribution in [0, 0.1) is 6.92 Å². The minimum absolute atomic E-state index is 0.132. The Bertz CT molecular complexity index is 1180. The first-order chi connectivity index (χ1) is 14.6. The molecule has 0 aliphatic rings. The van der Waals surface area contributed by atoms with Gasteiger partial charge in [0.05, 0.1) is 36.7 Å². The molecule has 30 heavy (non-hydrogen) atoms. The molecule has 2 heterocycles. The number of benzene rings is 2. The summed E-state index contributed by atoms with van der Waals surface area (Å²) in [6, 6.07) is 15.7. The highest BCUT2D eigenvalue weighted by molar-refractivity contribution is 8.00. The van der Waals surface area contributed by atoms with Crippen molar-refractivity contribution in [3.8, 4) is 5.75 Å². The SMILES string of the molecule is COc1ccc(C)cc1NC(=O)CSc1ncnc2c1cnn2Cc1ccccc1. The molecule has 0 fully saturated rings. The Morgan fingerprint density at radius 3 is 2.80 bits per heavy atom. The second kappa shape index (κ2) is 8.96. The van der Waals surface area contributed by atoms with Crippen LogP contribution in [0.5, 0.6) is 5.75 Å². The molecule has 1 N–H and O–H groups in total. The molecule has 2 aromatic heterocycles. The second-order valence-corrected chi connectivity index (χ2v) is 7.71. The molecule has 0 atom stereocenters. The average molecular weight is 420 g/mol. The van der Waals surface area contributed by atoms with Crippen molar-refractivity contribution >= 4 is 34.4 Å². The first-order valence-corrected chi connectivity index (χ1v) is 10.4. The molecule has 8 heteroatoms. The van der Waals surface area contributed by atoms with E-state index in [1.54, 1.807) is 13.3 Å². The van der Waals surface area contributed by atoms with Crippen LogP contribution in [0.4, 0.5) is 5.69 Å².